The second-order valence-corrected chi connectivity index (χ2v) is 5.05. The predicted octanol–water partition coefficient (Wildman–Crippen LogP) is 1.88. The van der Waals surface area contributed by atoms with E-state index in [0.717, 1.165) is 18.2 Å². The molecule has 2 rings (SSSR count). The predicted molar refractivity (Wildman–Crippen MR) is 84.1 cm³/mol. The van der Waals surface area contributed by atoms with Crippen molar-refractivity contribution >= 4 is 11.9 Å². The molecular formula is C17H16F2N2O4. The maximum absolute atomic E-state index is 13.3. The maximum atomic E-state index is 13.3. The highest BCUT2D eigenvalue weighted by molar-refractivity contribution is 5.96. The van der Waals surface area contributed by atoms with E-state index in [-0.39, 0.29) is 12.0 Å². The lowest BCUT2D eigenvalue weighted by Crippen LogP contribution is -2.43. The van der Waals surface area contributed by atoms with Gasteiger partial charge in [-0.15, -0.1) is 0 Å². The molecular weight excluding hydrogens is 334 g/mol. The highest BCUT2D eigenvalue weighted by Gasteiger charge is 2.24. The van der Waals surface area contributed by atoms with E-state index in [9.17, 15) is 18.4 Å². The van der Waals surface area contributed by atoms with Crippen LogP contribution in [0, 0.1) is 11.6 Å². The van der Waals surface area contributed by atoms with Gasteiger partial charge in [0.25, 0.3) is 5.91 Å². The summed E-state index contributed by atoms with van der Waals surface area (Å²) in [4.78, 5) is 28.2. The smallest absolute Gasteiger partial charge is 0.328 e. The van der Waals surface area contributed by atoms with Crippen LogP contribution in [-0.2, 0) is 16.0 Å². The summed E-state index contributed by atoms with van der Waals surface area (Å²) in [5.74, 6) is -3.35. The molecule has 1 aromatic heterocycles. The fourth-order valence-electron chi connectivity index (χ4n) is 2.20. The van der Waals surface area contributed by atoms with E-state index < -0.39 is 29.6 Å². The van der Waals surface area contributed by atoms with Gasteiger partial charge in [0.15, 0.2) is 11.6 Å². The second-order valence-electron chi connectivity index (χ2n) is 5.05. The van der Waals surface area contributed by atoms with Crippen molar-refractivity contribution in [2.75, 3.05) is 14.2 Å². The molecule has 1 heterocycles. The first-order valence-electron chi connectivity index (χ1n) is 7.28. The standard InChI is InChI=1S/C17H16F2N2O4/c1-24-16-11(4-3-7-20-16)9-14(17(23)25-2)21-15(22)10-5-6-12(18)13(19)8-10/h3-8,14H,9H2,1-2H3,(H,21,22)/t14-/m1/s1. The molecule has 0 radical (unpaired) electrons. The fraction of sp³-hybridized carbons (Fsp3) is 0.235. The van der Waals surface area contributed by atoms with Gasteiger partial charge in [-0.05, 0) is 24.3 Å². The van der Waals surface area contributed by atoms with Gasteiger partial charge in [0, 0.05) is 23.7 Å². The Labute approximate surface area is 142 Å². The lowest BCUT2D eigenvalue weighted by atomic mass is 10.1. The molecule has 1 N–H and O–H groups in total. The fourth-order valence-corrected chi connectivity index (χ4v) is 2.20. The molecule has 0 saturated heterocycles. The number of methoxy groups -OCH3 is 2. The minimum atomic E-state index is -1.16. The van der Waals surface area contributed by atoms with Crippen molar-refractivity contribution in [3.63, 3.8) is 0 Å². The molecule has 0 unspecified atom stereocenters. The first-order chi connectivity index (χ1) is 12.0. The Hall–Kier alpha value is -3.03. The van der Waals surface area contributed by atoms with Gasteiger partial charge in [-0.3, -0.25) is 4.79 Å². The molecule has 1 atom stereocenters. The number of nitrogens with one attached hydrogen (secondary N) is 1. The Morgan fingerprint density at radius 2 is 1.96 bits per heavy atom. The molecule has 25 heavy (non-hydrogen) atoms. The van der Waals surface area contributed by atoms with Crippen LogP contribution in [0.25, 0.3) is 0 Å². The number of aromatic nitrogens is 1. The van der Waals surface area contributed by atoms with Crippen LogP contribution in [0.1, 0.15) is 15.9 Å². The molecule has 6 nitrogen and oxygen atoms in total. The molecule has 0 fully saturated rings. The van der Waals surface area contributed by atoms with Crippen molar-refractivity contribution in [1.29, 1.82) is 0 Å². The van der Waals surface area contributed by atoms with Crippen LogP contribution in [0.2, 0.25) is 0 Å². The summed E-state index contributed by atoms with van der Waals surface area (Å²) in [6.45, 7) is 0. The molecule has 132 valence electrons. The number of carbonyl (C=O) groups excluding carboxylic acids is 2. The van der Waals surface area contributed by atoms with E-state index in [4.69, 9.17) is 4.74 Å². The number of halogens is 2. The van der Waals surface area contributed by atoms with E-state index in [1.807, 2.05) is 0 Å². The highest BCUT2D eigenvalue weighted by atomic mass is 19.2. The van der Waals surface area contributed by atoms with Gasteiger partial charge in [0.05, 0.1) is 14.2 Å². The average Bonchev–Trinajstić information content (AvgIpc) is 2.63. The number of rotatable bonds is 6. The zero-order chi connectivity index (χ0) is 18.4. The van der Waals surface area contributed by atoms with Crippen molar-refractivity contribution in [3.05, 3.63) is 59.3 Å². The number of nitrogens with zero attached hydrogens (tertiary/aromatic N) is 1. The zero-order valence-corrected chi connectivity index (χ0v) is 13.6. The van der Waals surface area contributed by atoms with Crippen molar-refractivity contribution in [2.24, 2.45) is 0 Å². The largest absolute Gasteiger partial charge is 0.481 e. The molecule has 0 bridgehead atoms. The van der Waals surface area contributed by atoms with Crippen molar-refractivity contribution < 1.29 is 27.8 Å². The summed E-state index contributed by atoms with van der Waals surface area (Å²) < 4.78 is 36.1. The molecule has 8 heteroatoms. The van der Waals surface area contributed by atoms with Gasteiger partial charge in [-0.1, -0.05) is 6.07 Å². The van der Waals surface area contributed by atoms with Crippen LogP contribution < -0.4 is 10.1 Å². The first kappa shape index (κ1) is 18.3. The molecule has 0 saturated carbocycles. The van der Waals surface area contributed by atoms with Crippen LogP contribution in [0.4, 0.5) is 8.78 Å². The van der Waals surface area contributed by atoms with E-state index >= 15 is 0 Å². The third kappa shape index (κ3) is 4.50. The minimum absolute atomic E-state index is 0.0547. The minimum Gasteiger partial charge on any atom is -0.481 e. The number of hydrogen-bond donors (Lipinski definition) is 1. The number of benzene rings is 1. The lowest BCUT2D eigenvalue weighted by molar-refractivity contribution is -0.142. The van der Waals surface area contributed by atoms with Gasteiger partial charge in [-0.25, -0.2) is 18.6 Å². The van der Waals surface area contributed by atoms with E-state index in [1.54, 1.807) is 12.1 Å². The number of esters is 1. The second kappa shape index (κ2) is 8.18. The van der Waals surface area contributed by atoms with E-state index in [2.05, 4.69) is 15.0 Å². The molecule has 0 spiro atoms. The number of pyridine rings is 1. The van der Waals surface area contributed by atoms with Crippen molar-refractivity contribution in [1.82, 2.24) is 10.3 Å². The zero-order valence-electron chi connectivity index (χ0n) is 13.6. The third-order valence-electron chi connectivity index (χ3n) is 3.44. The van der Waals surface area contributed by atoms with Crippen molar-refractivity contribution in [2.45, 2.75) is 12.5 Å². The summed E-state index contributed by atoms with van der Waals surface area (Å²) in [7, 11) is 2.61. The molecule has 1 amide bonds. The van der Waals surface area contributed by atoms with E-state index in [1.165, 1.54) is 20.4 Å². The van der Waals surface area contributed by atoms with Crippen LogP contribution in [0.15, 0.2) is 36.5 Å². The monoisotopic (exact) mass is 350 g/mol. The Kier molecular flexibility index (Phi) is 5.99. The van der Waals surface area contributed by atoms with Crippen molar-refractivity contribution in [3.8, 4) is 5.88 Å². The average molecular weight is 350 g/mol. The molecule has 0 aliphatic rings. The summed E-state index contributed by atoms with van der Waals surface area (Å²) >= 11 is 0. The SMILES string of the molecule is COC(=O)[C@@H](Cc1cccnc1OC)NC(=O)c1ccc(F)c(F)c1. The summed E-state index contributed by atoms with van der Waals surface area (Å²) in [6, 6.07) is 5.00. The van der Waals surface area contributed by atoms with E-state index in [0.29, 0.717) is 11.4 Å². The van der Waals surface area contributed by atoms with Crippen LogP contribution in [0.5, 0.6) is 5.88 Å². The number of ether oxygens (including phenoxy) is 2. The molecule has 2 aromatic rings. The van der Waals surface area contributed by atoms with Gasteiger partial charge in [-0.2, -0.15) is 0 Å². The van der Waals surface area contributed by atoms with Crippen LogP contribution >= 0.6 is 0 Å². The van der Waals surface area contributed by atoms with Gasteiger partial charge in [0.1, 0.15) is 6.04 Å². The highest BCUT2D eigenvalue weighted by Crippen LogP contribution is 2.17. The Balaban J connectivity index is 2.21. The Morgan fingerprint density at radius 3 is 2.60 bits per heavy atom. The normalized spacial score (nSPS) is 11.5. The van der Waals surface area contributed by atoms with Gasteiger partial charge >= 0.3 is 5.97 Å². The van der Waals surface area contributed by atoms with Gasteiger partial charge < -0.3 is 14.8 Å². The third-order valence-corrected chi connectivity index (χ3v) is 3.44. The number of carbonyl (C=O) groups is 2. The maximum Gasteiger partial charge on any atom is 0.328 e. The number of hydrogen-bond acceptors (Lipinski definition) is 5. The summed E-state index contributed by atoms with van der Waals surface area (Å²) in [5.41, 5.74) is 0.456. The number of amides is 1. The lowest BCUT2D eigenvalue weighted by Gasteiger charge is -2.17. The summed E-state index contributed by atoms with van der Waals surface area (Å²) in [5, 5.41) is 2.44. The molecule has 0 aliphatic carbocycles. The Morgan fingerprint density at radius 1 is 1.20 bits per heavy atom. The first-order valence-corrected chi connectivity index (χ1v) is 7.28. The Bertz CT molecular complexity index is 783. The summed E-state index contributed by atoms with van der Waals surface area (Å²) in [6.07, 6.45) is 1.58. The quantitative estimate of drug-likeness (QED) is 0.805. The molecule has 0 aliphatic heterocycles. The van der Waals surface area contributed by atoms with Gasteiger partial charge in [0.2, 0.25) is 5.88 Å². The van der Waals surface area contributed by atoms with Crippen LogP contribution in [0.3, 0.4) is 0 Å². The molecule has 1 aromatic carbocycles. The van der Waals surface area contributed by atoms with Crippen LogP contribution in [-0.4, -0.2) is 37.1 Å². The topological polar surface area (TPSA) is 77.5 Å².